The van der Waals surface area contributed by atoms with Gasteiger partial charge in [-0.2, -0.15) is 0 Å². The first-order valence-corrected chi connectivity index (χ1v) is 8.35. The molecule has 0 fully saturated rings. The van der Waals surface area contributed by atoms with Crippen molar-refractivity contribution in [2.24, 2.45) is 0 Å². The van der Waals surface area contributed by atoms with Crippen LogP contribution < -0.4 is 4.74 Å². The molecule has 0 atom stereocenters. The van der Waals surface area contributed by atoms with Gasteiger partial charge in [0.1, 0.15) is 18.1 Å². The van der Waals surface area contributed by atoms with Gasteiger partial charge >= 0.3 is 5.97 Å². The van der Waals surface area contributed by atoms with Crippen molar-refractivity contribution in [3.8, 4) is 11.5 Å². The third-order valence-corrected chi connectivity index (χ3v) is 3.86. The van der Waals surface area contributed by atoms with Gasteiger partial charge in [-0.25, -0.2) is 4.79 Å². The number of hydrogen-bond acceptors (Lipinski definition) is 7. The maximum Gasteiger partial charge on any atom is 0.338 e. The van der Waals surface area contributed by atoms with E-state index < -0.39 is 15.8 Å². The molecule has 0 radical (unpaired) electrons. The highest BCUT2D eigenvalue weighted by molar-refractivity contribution is 5.89. The van der Waals surface area contributed by atoms with E-state index in [0.29, 0.717) is 17.1 Å². The molecule has 29 heavy (non-hydrogen) atoms. The second kappa shape index (κ2) is 8.61. The van der Waals surface area contributed by atoms with Crippen molar-refractivity contribution >= 4 is 17.3 Å². The summed E-state index contributed by atoms with van der Waals surface area (Å²) in [7, 11) is 0. The first-order chi connectivity index (χ1) is 13.9. The molecule has 0 aliphatic carbocycles. The molecular formula is C20H14N2O7. The number of rotatable bonds is 7. The molecule has 9 heteroatoms. The van der Waals surface area contributed by atoms with Crippen molar-refractivity contribution in [3.05, 3.63) is 104 Å². The molecule has 0 aliphatic heterocycles. The lowest BCUT2D eigenvalue weighted by molar-refractivity contribution is -0.385. The van der Waals surface area contributed by atoms with E-state index in [1.807, 2.05) is 0 Å². The monoisotopic (exact) mass is 394 g/mol. The van der Waals surface area contributed by atoms with E-state index >= 15 is 0 Å². The molecule has 0 saturated carbocycles. The van der Waals surface area contributed by atoms with E-state index in [0.717, 1.165) is 0 Å². The number of nitrogens with zero attached hydrogens (tertiary/aromatic N) is 2. The molecule has 0 spiro atoms. The Bertz CT molecular complexity index is 1050. The third kappa shape index (κ3) is 5.13. The van der Waals surface area contributed by atoms with Crippen LogP contribution in [0.3, 0.4) is 0 Å². The van der Waals surface area contributed by atoms with Crippen LogP contribution >= 0.6 is 0 Å². The van der Waals surface area contributed by atoms with Crippen LogP contribution in [0.4, 0.5) is 11.4 Å². The molecule has 0 heterocycles. The molecule has 0 amide bonds. The van der Waals surface area contributed by atoms with Gasteiger partial charge in [0.2, 0.25) is 0 Å². The summed E-state index contributed by atoms with van der Waals surface area (Å²) >= 11 is 0. The highest BCUT2D eigenvalue weighted by Gasteiger charge is 2.11. The fourth-order valence-corrected chi connectivity index (χ4v) is 2.42. The zero-order valence-electron chi connectivity index (χ0n) is 14.9. The van der Waals surface area contributed by atoms with E-state index in [4.69, 9.17) is 9.47 Å². The standard InChI is InChI=1S/C20H14N2O7/c23-20(28-13-14-2-1-3-17(12-14)22(26)27)15-4-8-18(9-5-15)29-19-10-6-16(7-11-19)21(24)25/h1-12H,13H2. The molecule has 146 valence electrons. The van der Waals surface area contributed by atoms with Crippen LogP contribution in [-0.2, 0) is 11.3 Å². The molecule has 9 nitrogen and oxygen atoms in total. The molecule has 3 aromatic carbocycles. The largest absolute Gasteiger partial charge is 0.457 e. The number of carbonyl (C=O) groups excluding carboxylic acids is 1. The van der Waals surface area contributed by atoms with Crippen LogP contribution in [-0.4, -0.2) is 15.8 Å². The number of carbonyl (C=O) groups is 1. The number of non-ortho nitro benzene ring substituents is 2. The summed E-state index contributed by atoms with van der Waals surface area (Å²) in [5.74, 6) is 0.268. The van der Waals surface area contributed by atoms with Crippen molar-refractivity contribution in [2.45, 2.75) is 6.61 Å². The Labute approximate surface area is 164 Å². The molecule has 0 aromatic heterocycles. The number of hydrogen-bond donors (Lipinski definition) is 0. The highest BCUT2D eigenvalue weighted by Crippen LogP contribution is 2.24. The Kier molecular flexibility index (Phi) is 5.79. The number of ether oxygens (including phenoxy) is 2. The van der Waals surface area contributed by atoms with Crippen molar-refractivity contribution < 1.29 is 24.1 Å². The second-order valence-corrected chi connectivity index (χ2v) is 5.88. The van der Waals surface area contributed by atoms with Crippen molar-refractivity contribution in [3.63, 3.8) is 0 Å². The zero-order valence-corrected chi connectivity index (χ0v) is 14.9. The van der Waals surface area contributed by atoms with Crippen LogP contribution in [0.5, 0.6) is 11.5 Å². The van der Waals surface area contributed by atoms with Gasteiger partial charge in [0, 0.05) is 24.3 Å². The van der Waals surface area contributed by atoms with E-state index in [2.05, 4.69) is 0 Å². The normalized spacial score (nSPS) is 10.2. The van der Waals surface area contributed by atoms with Crippen LogP contribution in [0.25, 0.3) is 0 Å². The van der Waals surface area contributed by atoms with E-state index in [1.54, 1.807) is 18.2 Å². The fraction of sp³-hybridized carbons (Fsp3) is 0.0500. The summed E-state index contributed by atoms with van der Waals surface area (Å²) in [6.07, 6.45) is 0. The van der Waals surface area contributed by atoms with Crippen molar-refractivity contribution in [1.82, 2.24) is 0 Å². The first-order valence-electron chi connectivity index (χ1n) is 8.35. The smallest absolute Gasteiger partial charge is 0.338 e. The minimum absolute atomic E-state index is 0.0424. The van der Waals surface area contributed by atoms with Crippen LogP contribution in [0.15, 0.2) is 72.8 Å². The predicted octanol–water partition coefficient (Wildman–Crippen LogP) is 4.65. The first kappa shape index (κ1) is 19.5. The summed E-state index contributed by atoms with van der Waals surface area (Å²) in [4.78, 5) is 32.6. The van der Waals surface area contributed by atoms with Crippen molar-refractivity contribution in [2.75, 3.05) is 0 Å². The Balaban J connectivity index is 1.59. The van der Waals surface area contributed by atoms with E-state index in [1.165, 1.54) is 54.6 Å². The van der Waals surface area contributed by atoms with Gasteiger partial charge in [-0.3, -0.25) is 20.2 Å². The molecule has 3 aromatic rings. The Morgan fingerprint density at radius 2 is 1.38 bits per heavy atom. The van der Waals surface area contributed by atoms with E-state index in [9.17, 15) is 25.0 Å². The Morgan fingerprint density at radius 1 is 0.793 bits per heavy atom. The van der Waals surface area contributed by atoms with E-state index in [-0.39, 0.29) is 23.5 Å². The molecule has 0 N–H and O–H groups in total. The van der Waals surface area contributed by atoms with Gasteiger partial charge in [-0.05, 0) is 42.0 Å². The molecule has 0 saturated heterocycles. The molecule has 0 unspecified atom stereocenters. The number of esters is 1. The van der Waals surface area contributed by atoms with Crippen molar-refractivity contribution in [1.29, 1.82) is 0 Å². The Hall–Kier alpha value is -4.27. The lowest BCUT2D eigenvalue weighted by Crippen LogP contribution is -2.05. The molecule has 0 aliphatic rings. The summed E-state index contributed by atoms with van der Waals surface area (Å²) in [6.45, 7) is -0.0957. The summed E-state index contributed by atoms with van der Waals surface area (Å²) in [5, 5.41) is 21.4. The minimum atomic E-state index is -0.585. The Morgan fingerprint density at radius 3 is 1.97 bits per heavy atom. The maximum absolute atomic E-state index is 12.1. The average molecular weight is 394 g/mol. The number of nitro benzene ring substituents is 2. The minimum Gasteiger partial charge on any atom is -0.457 e. The quantitative estimate of drug-likeness (QED) is 0.325. The predicted molar refractivity (Wildman–Crippen MR) is 102 cm³/mol. The van der Waals surface area contributed by atoms with Crippen LogP contribution in [0.2, 0.25) is 0 Å². The van der Waals surface area contributed by atoms with Gasteiger partial charge in [-0.15, -0.1) is 0 Å². The summed E-state index contributed by atoms with van der Waals surface area (Å²) in [6, 6.07) is 17.6. The van der Waals surface area contributed by atoms with Gasteiger partial charge in [-0.1, -0.05) is 12.1 Å². The molecular weight excluding hydrogens is 380 g/mol. The number of benzene rings is 3. The van der Waals surface area contributed by atoms with Crippen LogP contribution in [0.1, 0.15) is 15.9 Å². The average Bonchev–Trinajstić information content (AvgIpc) is 2.73. The lowest BCUT2D eigenvalue weighted by Gasteiger charge is -2.07. The molecule has 3 rings (SSSR count). The van der Waals surface area contributed by atoms with Gasteiger partial charge in [0.15, 0.2) is 0 Å². The van der Waals surface area contributed by atoms with Gasteiger partial charge in [0.25, 0.3) is 11.4 Å². The highest BCUT2D eigenvalue weighted by atomic mass is 16.6. The third-order valence-electron chi connectivity index (χ3n) is 3.86. The SMILES string of the molecule is O=C(OCc1cccc([N+](=O)[O-])c1)c1ccc(Oc2ccc([N+](=O)[O-])cc2)cc1. The number of nitro groups is 2. The van der Waals surface area contributed by atoms with Gasteiger partial charge in [0.05, 0.1) is 15.4 Å². The summed E-state index contributed by atoms with van der Waals surface area (Å²) < 4.78 is 10.8. The topological polar surface area (TPSA) is 122 Å². The zero-order chi connectivity index (χ0) is 20.8. The van der Waals surface area contributed by atoms with Gasteiger partial charge < -0.3 is 9.47 Å². The lowest BCUT2D eigenvalue weighted by atomic mass is 10.2. The van der Waals surface area contributed by atoms with Crippen LogP contribution in [0, 0.1) is 20.2 Å². The maximum atomic E-state index is 12.1. The fourth-order valence-electron chi connectivity index (χ4n) is 2.42. The summed E-state index contributed by atoms with van der Waals surface area (Å²) in [5.41, 5.74) is 0.669. The molecule has 0 bridgehead atoms. The second-order valence-electron chi connectivity index (χ2n) is 5.88.